The number of carbonyl (C=O) groups excluding carboxylic acids is 1. The molecule has 0 radical (unpaired) electrons. The van der Waals surface area contributed by atoms with Crippen molar-refractivity contribution in [2.75, 3.05) is 26.2 Å². The lowest BCUT2D eigenvalue weighted by atomic mass is 10.0. The largest absolute Gasteiger partial charge is 0.450 e. The summed E-state index contributed by atoms with van der Waals surface area (Å²) in [5.41, 5.74) is 0. The molecule has 1 aliphatic heterocycles. The number of amides is 1. The van der Waals surface area contributed by atoms with Crippen LogP contribution in [0.1, 0.15) is 27.2 Å². The van der Waals surface area contributed by atoms with E-state index in [-0.39, 0.29) is 12.1 Å². The minimum absolute atomic E-state index is 0.162. The van der Waals surface area contributed by atoms with Gasteiger partial charge in [0.15, 0.2) is 0 Å². The Balaban J connectivity index is 2.52. The molecule has 4 nitrogen and oxygen atoms in total. The predicted octanol–water partition coefficient (Wildman–Crippen LogP) is 1.46. The summed E-state index contributed by atoms with van der Waals surface area (Å²) in [4.78, 5) is 13.5. The molecule has 15 heavy (non-hydrogen) atoms. The molecule has 0 saturated carbocycles. The van der Waals surface area contributed by atoms with E-state index in [4.69, 9.17) is 4.74 Å². The first-order chi connectivity index (χ1) is 7.15. The van der Waals surface area contributed by atoms with Crippen molar-refractivity contribution in [1.29, 1.82) is 0 Å². The minimum Gasteiger partial charge on any atom is -0.450 e. The van der Waals surface area contributed by atoms with Gasteiger partial charge in [0.05, 0.1) is 6.61 Å². The Morgan fingerprint density at radius 3 is 2.93 bits per heavy atom. The highest BCUT2D eigenvalue weighted by Crippen LogP contribution is 2.14. The van der Waals surface area contributed by atoms with Gasteiger partial charge in [-0.25, -0.2) is 4.79 Å². The molecule has 1 saturated heterocycles. The molecule has 1 fully saturated rings. The summed E-state index contributed by atoms with van der Waals surface area (Å²) >= 11 is 0. The van der Waals surface area contributed by atoms with Crippen molar-refractivity contribution >= 4 is 6.09 Å². The van der Waals surface area contributed by atoms with E-state index >= 15 is 0 Å². The van der Waals surface area contributed by atoms with Crippen LogP contribution in [0.4, 0.5) is 4.79 Å². The standard InChI is InChI=1S/C11H22N2O2/c1-4-15-11(14)13-6-5-12-8-10(13)7-9(2)3/h9-10,12H,4-8H2,1-3H3. The SMILES string of the molecule is CCOC(=O)N1CCNCC1CC(C)C. The van der Waals surface area contributed by atoms with E-state index in [1.165, 1.54) is 0 Å². The Labute approximate surface area is 92.0 Å². The van der Waals surface area contributed by atoms with Crippen LogP contribution in [-0.2, 0) is 4.74 Å². The number of nitrogens with zero attached hydrogens (tertiary/aromatic N) is 1. The van der Waals surface area contributed by atoms with Crippen molar-refractivity contribution in [3.63, 3.8) is 0 Å². The summed E-state index contributed by atoms with van der Waals surface area (Å²) in [5, 5.41) is 3.32. The summed E-state index contributed by atoms with van der Waals surface area (Å²) in [5.74, 6) is 0.604. The molecule has 0 bridgehead atoms. The van der Waals surface area contributed by atoms with Gasteiger partial charge in [-0.3, -0.25) is 0 Å². The van der Waals surface area contributed by atoms with Gasteiger partial charge in [0, 0.05) is 25.7 Å². The summed E-state index contributed by atoms with van der Waals surface area (Å²) in [6.45, 7) is 9.17. The maximum atomic E-state index is 11.7. The van der Waals surface area contributed by atoms with E-state index < -0.39 is 0 Å². The number of nitrogens with one attached hydrogen (secondary N) is 1. The van der Waals surface area contributed by atoms with Crippen LogP contribution in [0.2, 0.25) is 0 Å². The summed E-state index contributed by atoms with van der Waals surface area (Å²) < 4.78 is 5.05. The van der Waals surface area contributed by atoms with E-state index in [1.807, 2.05) is 11.8 Å². The van der Waals surface area contributed by atoms with Crippen molar-refractivity contribution in [1.82, 2.24) is 10.2 Å². The molecule has 0 aromatic rings. The Bertz CT molecular complexity index is 207. The number of rotatable bonds is 3. The van der Waals surface area contributed by atoms with Gasteiger partial charge in [0.2, 0.25) is 0 Å². The smallest absolute Gasteiger partial charge is 0.410 e. The third-order valence-corrected chi connectivity index (χ3v) is 2.60. The molecule has 1 atom stereocenters. The summed E-state index contributed by atoms with van der Waals surface area (Å²) in [6.07, 6.45) is 0.871. The van der Waals surface area contributed by atoms with Crippen molar-refractivity contribution in [3.05, 3.63) is 0 Å². The Morgan fingerprint density at radius 1 is 1.60 bits per heavy atom. The van der Waals surface area contributed by atoms with Crippen molar-refractivity contribution < 1.29 is 9.53 Å². The average molecular weight is 214 g/mol. The van der Waals surface area contributed by atoms with Gasteiger partial charge in [0.25, 0.3) is 0 Å². The highest BCUT2D eigenvalue weighted by molar-refractivity contribution is 5.68. The Hall–Kier alpha value is -0.770. The molecule has 1 amide bonds. The average Bonchev–Trinajstić information content (AvgIpc) is 2.18. The first-order valence-corrected chi connectivity index (χ1v) is 5.79. The Morgan fingerprint density at radius 2 is 2.33 bits per heavy atom. The zero-order valence-corrected chi connectivity index (χ0v) is 9.95. The van der Waals surface area contributed by atoms with E-state index in [0.717, 1.165) is 26.1 Å². The van der Waals surface area contributed by atoms with Crippen LogP contribution in [0.25, 0.3) is 0 Å². The second-order valence-electron chi connectivity index (χ2n) is 4.38. The zero-order chi connectivity index (χ0) is 11.3. The summed E-state index contributed by atoms with van der Waals surface area (Å²) in [6, 6.07) is 0.290. The second-order valence-corrected chi connectivity index (χ2v) is 4.38. The lowest BCUT2D eigenvalue weighted by Gasteiger charge is -2.36. The molecule has 88 valence electrons. The maximum Gasteiger partial charge on any atom is 0.410 e. The van der Waals surface area contributed by atoms with E-state index in [0.29, 0.717) is 12.5 Å². The fraction of sp³-hybridized carbons (Fsp3) is 0.909. The van der Waals surface area contributed by atoms with Crippen LogP contribution < -0.4 is 5.32 Å². The van der Waals surface area contributed by atoms with Gasteiger partial charge < -0.3 is 15.0 Å². The third-order valence-electron chi connectivity index (χ3n) is 2.60. The van der Waals surface area contributed by atoms with E-state index in [1.54, 1.807) is 0 Å². The molecule has 1 unspecified atom stereocenters. The first-order valence-electron chi connectivity index (χ1n) is 5.79. The highest BCUT2D eigenvalue weighted by Gasteiger charge is 2.27. The third kappa shape index (κ3) is 3.70. The van der Waals surface area contributed by atoms with Crippen LogP contribution in [0.3, 0.4) is 0 Å². The first kappa shape index (κ1) is 12.3. The zero-order valence-electron chi connectivity index (χ0n) is 9.95. The monoisotopic (exact) mass is 214 g/mol. The van der Waals surface area contributed by atoms with Crippen LogP contribution >= 0.6 is 0 Å². The van der Waals surface area contributed by atoms with Crippen LogP contribution in [0, 0.1) is 5.92 Å². The number of carbonyl (C=O) groups is 1. The minimum atomic E-state index is -0.162. The number of ether oxygens (including phenoxy) is 1. The van der Waals surface area contributed by atoms with Crippen LogP contribution in [0.5, 0.6) is 0 Å². The van der Waals surface area contributed by atoms with Crippen molar-refractivity contribution in [2.45, 2.75) is 33.2 Å². The normalized spacial score (nSPS) is 21.9. The second kappa shape index (κ2) is 5.95. The van der Waals surface area contributed by atoms with Crippen LogP contribution in [-0.4, -0.2) is 43.3 Å². The van der Waals surface area contributed by atoms with E-state index in [9.17, 15) is 4.79 Å². The molecular formula is C11H22N2O2. The quantitative estimate of drug-likeness (QED) is 0.773. The summed E-state index contributed by atoms with van der Waals surface area (Å²) in [7, 11) is 0. The van der Waals surface area contributed by atoms with Crippen molar-refractivity contribution in [3.8, 4) is 0 Å². The van der Waals surface area contributed by atoms with Gasteiger partial charge >= 0.3 is 6.09 Å². The van der Waals surface area contributed by atoms with Gasteiger partial charge in [-0.05, 0) is 19.3 Å². The molecule has 0 aromatic carbocycles. The fourth-order valence-corrected chi connectivity index (χ4v) is 1.96. The van der Waals surface area contributed by atoms with Gasteiger partial charge in [-0.1, -0.05) is 13.8 Å². The fourth-order valence-electron chi connectivity index (χ4n) is 1.96. The van der Waals surface area contributed by atoms with Gasteiger partial charge in [0.1, 0.15) is 0 Å². The maximum absolute atomic E-state index is 11.7. The highest BCUT2D eigenvalue weighted by atomic mass is 16.6. The number of hydrogen-bond acceptors (Lipinski definition) is 3. The van der Waals surface area contributed by atoms with Crippen LogP contribution in [0.15, 0.2) is 0 Å². The van der Waals surface area contributed by atoms with E-state index in [2.05, 4.69) is 19.2 Å². The topological polar surface area (TPSA) is 41.6 Å². The Kier molecular flexibility index (Phi) is 4.88. The molecule has 0 spiro atoms. The van der Waals surface area contributed by atoms with Gasteiger partial charge in [-0.15, -0.1) is 0 Å². The molecule has 1 rings (SSSR count). The predicted molar refractivity (Wildman–Crippen MR) is 59.8 cm³/mol. The van der Waals surface area contributed by atoms with Gasteiger partial charge in [-0.2, -0.15) is 0 Å². The lowest BCUT2D eigenvalue weighted by molar-refractivity contribution is 0.0759. The van der Waals surface area contributed by atoms with Crippen molar-refractivity contribution in [2.24, 2.45) is 5.92 Å². The molecular weight excluding hydrogens is 192 g/mol. The molecule has 1 heterocycles. The molecule has 1 aliphatic rings. The molecule has 1 N–H and O–H groups in total. The number of hydrogen-bond donors (Lipinski definition) is 1. The molecule has 0 aromatic heterocycles. The molecule has 4 heteroatoms. The lowest BCUT2D eigenvalue weighted by Crippen LogP contribution is -2.54. The molecule has 0 aliphatic carbocycles. The number of piperazine rings is 1.